The molecule has 0 aliphatic carbocycles. The molecule has 0 saturated carbocycles. The van der Waals surface area contributed by atoms with E-state index in [2.05, 4.69) is 15.9 Å². The Morgan fingerprint density at radius 2 is 2.00 bits per heavy atom. The fourth-order valence-electron chi connectivity index (χ4n) is 1.13. The molecule has 5 nitrogen and oxygen atoms in total. The molecule has 0 aromatic heterocycles. The van der Waals surface area contributed by atoms with Crippen LogP contribution in [0.4, 0.5) is 8.78 Å². The molecule has 18 heavy (non-hydrogen) atoms. The van der Waals surface area contributed by atoms with Crippen LogP contribution in [0, 0.1) is 11.6 Å². The van der Waals surface area contributed by atoms with Crippen LogP contribution in [-0.2, 0) is 10.0 Å². The zero-order chi connectivity index (χ0) is 13.9. The van der Waals surface area contributed by atoms with E-state index in [1.54, 1.807) is 0 Å². The SMILES string of the molecule is O=S(=O)(NCC(O)CO)c1c(F)cc(F)cc1Br. The van der Waals surface area contributed by atoms with Crippen molar-refractivity contribution >= 4 is 26.0 Å². The number of aliphatic hydroxyl groups is 2. The third-order valence-electron chi connectivity index (χ3n) is 1.95. The van der Waals surface area contributed by atoms with E-state index in [1.807, 2.05) is 4.72 Å². The Hall–Kier alpha value is -0.610. The first-order chi connectivity index (χ1) is 8.27. The Morgan fingerprint density at radius 3 is 2.50 bits per heavy atom. The lowest BCUT2D eigenvalue weighted by Gasteiger charge is -2.11. The summed E-state index contributed by atoms with van der Waals surface area (Å²) in [5, 5.41) is 17.5. The minimum Gasteiger partial charge on any atom is -0.394 e. The normalized spacial score (nSPS) is 13.6. The van der Waals surface area contributed by atoms with Crippen molar-refractivity contribution in [2.45, 2.75) is 11.0 Å². The van der Waals surface area contributed by atoms with E-state index in [0.717, 1.165) is 6.07 Å². The monoisotopic (exact) mass is 345 g/mol. The molecule has 0 saturated heterocycles. The van der Waals surface area contributed by atoms with E-state index < -0.39 is 45.8 Å². The molecule has 1 aromatic carbocycles. The molecule has 9 heteroatoms. The highest BCUT2D eigenvalue weighted by Crippen LogP contribution is 2.25. The van der Waals surface area contributed by atoms with Crippen molar-refractivity contribution in [3.05, 3.63) is 28.2 Å². The molecule has 0 heterocycles. The van der Waals surface area contributed by atoms with Crippen molar-refractivity contribution in [2.75, 3.05) is 13.2 Å². The zero-order valence-corrected chi connectivity index (χ0v) is 11.3. The fourth-order valence-corrected chi connectivity index (χ4v) is 3.36. The van der Waals surface area contributed by atoms with Crippen LogP contribution in [0.15, 0.2) is 21.5 Å². The summed E-state index contributed by atoms with van der Waals surface area (Å²) in [6, 6.07) is 1.24. The zero-order valence-electron chi connectivity index (χ0n) is 8.90. The molecule has 0 aliphatic rings. The third-order valence-corrected chi connectivity index (χ3v) is 4.34. The van der Waals surface area contributed by atoms with Crippen molar-refractivity contribution in [1.29, 1.82) is 0 Å². The molecule has 3 N–H and O–H groups in total. The number of sulfonamides is 1. The number of halogens is 3. The topological polar surface area (TPSA) is 86.6 Å². The van der Waals surface area contributed by atoms with Crippen LogP contribution in [-0.4, -0.2) is 37.9 Å². The fraction of sp³-hybridized carbons (Fsp3) is 0.333. The predicted molar refractivity (Wildman–Crippen MR) is 62.3 cm³/mol. The van der Waals surface area contributed by atoms with Crippen LogP contribution in [0.3, 0.4) is 0 Å². The molecule has 0 bridgehead atoms. The second kappa shape index (κ2) is 6.02. The molecular formula is C9H10BrF2NO4S. The molecule has 1 rings (SSSR count). The summed E-state index contributed by atoms with van der Waals surface area (Å²) in [5.41, 5.74) is 0. The van der Waals surface area contributed by atoms with E-state index in [1.165, 1.54) is 0 Å². The van der Waals surface area contributed by atoms with Gasteiger partial charge in [-0.1, -0.05) is 0 Å². The lowest BCUT2D eigenvalue weighted by atomic mass is 10.3. The summed E-state index contributed by atoms with van der Waals surface area (Å²) in [7, 11) is -4.25. The van der Waals surface area contributed by atoms with E-state index in [0.29, 0.717) is 6.07 Å². The standard InChI is InChI=1S/C9H10BrF2NO4S/c10-7-1-5(11)2-8(12)9(7)18(16,17)13-3-6(15)4-14/h1-2,6,13-15H,3-4H2. The van der Waals surface area contributed by atoms with E-state index in [9.17, 15) is 17.2 Å². The first kappa shape index (κ1) is 15.4. The van der Waals surface area contributed by atoms with Crippen molar-refractivity contribution in [1.82, 2.24) is 4.72 Å². The van der Waals surface area contributed by atoms with Crippen LogP contribution in [0.2, 0.25) is 0 Å². The van der Waals surface area contributed by atoms with Crippen molar-refractivity contribution in [3.63, 3.8) is 0 Å². The molecule has 0 radical (unpaired) electrons. The largest absolute Gasteiger partial charge is 0.394 e. The van der Waals surface area contributed by atoms with E-state index in [-0.39, 0.29) is 4.47 Å². The van der Waals surface area contributed by atoms with Gasteiger partial charge in [-0.2, -0.15) is 0 Å². The van der Waals surface area contributed by atoms with Crippen LogP contribution in [0.1, 0.15) is 0 Å². The minimum absolute atomic E-state index is 0.272. The van der Waals surface area contributed by atoms with Crippen molar-refractivity contribution in [3.8, 4) is 0 Å². The second-order valence-electron chi connectivity index (χ2n) is 3.39. The second-order valence-corrected chi connectivity index (χ2v) is 5.94. The maximum absolute atomic E-state index is 13.4. The molecule has 0 aliphatic heterocycles. The van der Waals surface area contributed by atoms with Crippen LogP contribution in [0.5, 0.6) is 0 Å². The highest BCUT2D eigenvalue weighted by atomic mass is 79.9. The van der Waals surface area contributed by atoms with Crippen LogP contribution < -0.4 is 4.72 Å². The number of hydrogen-bond donors (Lipinski definition) is 3. The van der Waals surface area contributed by atoms with Crippen molar-refractivity contribution in [2.24, 2.45) is 0 Å². The third kappa shape index (κ3) is 3.69. The van der Waals surface area contributed by atoms with E-state index >= 15 is 0 Å². The highest BCUT2D eigenvalue weighted by Gasteiger charge is 2.24. The quantitative estimate of drug-likeness (QED) is 0.719. The molecule has 0 fully saturated rings. The Bertz CT molecular complexity index is 514. The average Bonchev–Trinajstić information content (AvgIpc) is 2.24. The summed E-state index contributed by atoms with van der Waals surface area (Å²) >= 11 is 2.75. The van der Waals surface area contributed by atoms with Gasteiger partial charge in [-0.15, -0.1) is 0 Å². The van der Waals surface area contributed by atoms with Gasteiger partial charge in [0.15, 0.2) is 0 Å². The van der Waals surface area contributed by atoms with Gasteiger partial charge in [0.25, 0.3) is 0 Å². The minimum atomic E-state index is -4.25. The summed E-state index contributed by atoms with van der Waals surface area (Å²) in [6.45, 7) is -1.13. The van der Waals surface area contributed by atoms with Gasteiger partial charge >= 0.3 is 0 Å². The Kier molecular flexibility index (Phi) is 5.17. The van der Waals surface area contributed by atoms with Gasteiger partial charge in [0.05, 0.1) is 12.7 Å². The Morgan fingerprint density at radius 1 is 1.39 bits per heavy atom. The predicted octanol–water partition coefficient (Wildman–Crippen LogP) is 0.359. The molecule has 1 atom stereocenters. The van der Waals surface area contributed by atoms with Gasteiger partial charge in [-0.05, 0) is 22.0 Å². The van der Waals surface area contributed by atoms with Gasteiger partial charge in [-0.25, -0.2) is 21.9 Å². The summed E-state index contributed by atoms with van der Waals surface area (Å²) in [4.78, 5) is -0.756. The van der Waals surface area contributed by atoms with Gasteiger partial charge in [0.2, 0.25) is 10.0 Å². The smallest absolute Gasteiger partial charge is 0.244 e. The maximum atomic E-state index is 13.4. The average molecular weight is 346 g/mol. The highest BCUT2D eigenvalue weighted by molar-refractivity contribution is 9.10. The van der Waals surface area contributed by atoms with E-state index in [4.69, 9.17) is 10.2 Å². The number of aliphatic hydroxyl groups excluding tert-OH is 2. The lowest BCUT2D eigenvalue weighted by molar-refractivity contribution is 0.0988. The van der Waals surface area contributed by atoms with Crippen LogP contribution >= 0.6 is 15.9 Å². The molecule has 102 valence electrons. The number of benzene rings is 1. The summed E-state index contributed by atoms with van der Waals surface area (Å²) in [5.74, 6) is -2.18. The molecule has 0 spiro atoms. The van der Waals surface area contributed by atoms with Gasteiger partial charge in [0.1, 0.15) is 16.5 Å². The molecule has 1 unspecified atom stereocenters. The maximum Gasteiger partial charge on any atom is 0.244 e. The Labute approximate surface area is 111 Å². The van der Waals surface area contributed by atoms with Gasteiger partial charge in [0, 0.05) is 17.1 Å². The summed E-state index contributed by atoms with van der Waals surface area (Å²) < 4.78 is 51.3. The molecular weight excluding hydrogens is 336 g/mol. The summed E-state index contributed by atoms with van der Waals surface area (Å²) in [6.07, 6.45) is -1.30. The molecule has 1 aromatic rings. The van der Waals surface area contributed by atoms with Crippen molar-refractivity contribution < 1.29 is 27.4 Å². The van der Waals surface area contributed by atoms with Crippen LogP contribution in [0.25, 0.3) is 0 Å². The number of hydrogen-bond acceptors (Lipinski definition) is 4. The Balaban J connectivity index is 3.06. The lowest BCUT2D eigenvalue weighted by Crippen LogP contribution is -2.34. The first-order valence-electron chi connectivity index (χ1n) is 4.71. The number of rotatable bonds is 5. The molecule has 0 amide bonds. The first-order valence-corrected chi connectivity index (χ1v) is 6.98. The van der Waals surface area contributed by atoms with Gasteiger partial charge < -0.3 is 10.2 Å². The number of nitrogens with one attached hydrogen (secondary N) is 1. The van der Waals surface area contributed by atoms with Gasteiger partial charge in [-0.3, -0.25) is 0 Å².